The lowest BCUT2D eigenvalue weighted by Gasteiger charge is -2.33. The van der Waals surface area contributed by atoms with E-state index >= 15 is 0 Å². The zero-order chi connectivity index (χ0) is 17.9. The number of piperazine rings is 1. The second-order valence-electron chi connectivity index (χ2n) is 6.60. The number of carbonyl (C=O) groups is 1. The summed E-state index contributed by atoms with van der Waals surface area (Å²) in [4.78, 5) is 32.3. The molecule has 6 nitrogen and oxygen atoms in total. The third kappa shape index (κ3) is 3.11. The lowest BCUT2D eigenvalue weighted by Crippen LogP contribution is -3.13. The molecule has 2 aromatic heterocycles. The van der Waals surface area contributed by atoms with Crippen LogP contribution in [0.5, 0.6) is 0 Å². The Morgan fingerprint density at radius 2 is 1.77 bits per heavy atom. The van der Waals surface area contributed by atoms with Crippen LogP contribution in [0.3, 0.4) is 0 Å². The second-order valence-corrected chi connectivity index (χ2v) is 6.60. The van der Waals surface area contributed by atoms with Crippen LogP contribution in [0.1, 0.15) is 15.9 Å². The average Bonchev–Trinajstić information content (AvgIpc) is 2.69. The molecule has 1 aromatic carbocycles. The summed E-state index contributed by atoms with van der Waals surface area (Å²) >= 11 is 0. The largest absolute Gasteiger partial charge is 0.344 e. The van der Waals surface area contributed by atoms with E-state index in [-0.39, 0.29) is 11.1 Å². The van der Waals surface area contributed by atoms with E-state index in [4.69, 9.17) is 0 Å². The Hall–Kier alpha value is -2.99. The molecule has 1 N–H and O–H groups in total. The molecule has 0 bridgehead atoms. The summed E-state index contributed by atoms with van der Waals surface area (Å²) in [6, 6.07) is 15.8. The molecule has 3 aromatic rings. The lowest BCUT2D eigenvalue weighted by atomic mass is 10.2. The fourth-order valence-corrected chi connectivity index (χ4v) is 3.53. The van der Waals surface area contributed by atoms with E-state index in [1.807, 2.05) is 12.1 Å². The summed E-state index contributed by atoms with van der Waals surface area (Å²) in [5, 5.41) is 0. The Labute approximate surface area is 151 Å². The van der Waals surface area contributed by atoms with Gasteiger partial charge in [0.25, 0.3) is 5.56 Å². The van der Waals surface area contributed by atoms with Crippen molar-refractivity contribution in [3.05, 3.63) is 76.2 Å². The third-order valence-electron chi connectivity index (χ3n) is 4.93. The van der Waals surface area contributed by atoms with Crippen LogP contribution in [0.15, 0.2) is 59.5 Å². The van der Waals surface area contributed by atoms with Gasteiger partial charge in [0, 0.05) is 11.8 Å². The number of nitrogens with one attached hydrogen (secondary N) is 1. The van der Waals surface area contributed by atoms with Gasteiger partial charge in [-0.15, -0.1) is 0 Å². The van der Waals surface area contributed by atoms with Gasteiger partial charge in [0.1, 0.15) is 23.6 Å². The summed E-state index contributed by atoms with van der Waals surface area (Å²) in [5.41, 5.74) is 1.73. The van der Waals surface area contributed by atoms with Crippen molar-refractivity contribution < 1.29 is 9.69 Å². The van der Waals surface area contributed by atoms with Crippen LogP contribution in [0.25, 0.3) is 5.65 Å². The number of hydrogen-bond acceptors (Lipinski definition) is 4. The van der Waals surface area contributed by atoms with E-state index in [9.17, 15) is 9.59 Å². The summed E-state index contributed by atoms with van der Waals surface area (Å²) < 4.78 is 1.42. The molecular formula is C20H21N4O2+. The molecule has 1 saturated heterocycles. The lowest BCUT2D eigenvalue weighted by molar-refractivity contribution is -0.914. The van der Waals surface area contributed by atoms with E-state index < -0.39 is 0 Å². The second kappa shape index (κ2) is 7.09. The van der Waals surface area contributed by atoms with E-state index in [2.05, 4.69) is 34.1 Å². The number of anilines is 1. The van der Waals surface area contributed by atoms with E-state index in [0.717, 1.165) is 32.7 Å². The van der Waals surface area contributed by atoms with Crippen LogP contribution >= 0.6 is 0 Å². The summed E-state index contributed by atoms with van der Waals surface area (Å²) in [6.07, 6.45) is 2.27. The van der Waals surface area contributed by atoms with Gasteiger partial charge in [0.2, 0.25) is 0 Å². The number of benzene rings is 1. The standard InChI is InChI=1S/C20H20N4O2/c25-15-17-19(21-18-8-4-5-9-24(18)20(17)26)23-12-10-22(11-13-23)14-16-6-2-1-3-7-16/h1-9,15H,10-14H2/p+1. The van der Waals surface area contributed by atoms with Gasteiger partial charge in [0.05, 0.1) is 26.2 Å². The number of rotatable bonds is 4. The molecule has 0 radical (unpaired) electrons. The molecule has 1 aliphatic rings. The maximum Gasteiger partial charge on any atom is 0.270 e. The number of carbonyl (C=O) groups excluding carboxylic acids is 1. The first-order chi connectivity index (χ1) is 12.8. The normalized spacial score (nSPS) is 15.3. The minimum Gasteiger partial charge on any atom is -0.344 e. The average molecular weight is 349 g/mol. The molecule has 3 heterocycles. The Morgan fingerprint density at radius 1 is 1.04 bits per heavy atom. The fraction of sp³-hybridized carbons (Fsp3) is 0.250. The molecular weight excluding hydrogens is 328 g/mol. The molecule has 0 aliphatic carbocycles. The predicted octanol–water partition coefficient (Wildman–Crippen LogP) is 0.412. The van der Waals surface area contributed by atoms with Crippen molar-refractivity contribution in [3.8, 4) is 0 Å². The van der Waals surface area contributed by atoms with Gasteiger partial charge in [-0.05, 0) is 12.1 Å². The van der Waals surface area contributed by atoms with Gasteiger partial charge in [-0.3, -0.25) is 14.0 Å². The Balaban J connectivity index is 1.56. The van der Waals surface area contributed by atoms with Gasteiger partial charge in [-0.25, -0.2) is 4.98 Å². The highest BCUT2D eigenvalue weighted by molar-refractivity contribution is 5.83. The predicted molar refractivity (Wildman–Crippen MR) is 99.9 cm³/mol. The van der Waals surface area contributed by atoms with Crippen LogP contribution in [-0.4, -0.2) is 41.8 Å². The molecule has 26 heavy (non-hydrogen) atoms. The molecule has 0 amide bonds. The van der Waals surface area contributed by atoms with Crippen LogP contribution in [-0.2, 0) is 6.54 Å². The van der Waals surface area contributed by atoms with Crippen molar-refractivity contribution in [3.63, 3.8) is 0 Å². The zero-order valence-electron chi connectivity index (χ0n) is 14.5. The van der Waals surface area contributed by atoms with Crippen LogP contribution < -0.4 is 15.4 Å². The first kappa shape index (κ1) is 16.5. The monoisotopic (exact) mass is 349 g/mol. The number of nitrogens with zero attached hydrogens (tertiary/aromatic N) is 3. The molecule has 0 spiro atoms. The fourth-order valence-electron chi connectivity index (χ4n) is 3.53. The van der Waals surface area contributed by atoms with Crippen molar-refractivity contribution in [1.82, 2.24) is 9.38 Å². The number of hydrogen-bond donors (Lipinski definition) is 1. The minimum absolute atomic E-state index is 0.139. The zero-order valence-corrected chi connectivity index (χ0v) is 14.5. The maximum absolute atomic E-state index is 12.6. The number of pyridine rings is 1. The number of aromatic nitrogens is 2. The third-order valence-corrected chi connectivity index (χ3v) is 4.93. The van der Waals surface area contributed by atoms with Gasteiger partial charge in [-0.1, -0.05) is 36.4 Å². The Bertz CT molecular complexity index is 976. The summed E-state index contributed by atoms with van der Waals surface area (Å²) in [5.74, 6) is 0.509. The van der Waals surface area contributed by atoms with Gasteiger partial charge in [0.15, 0.2) is 6.29 Å². The highest BCUT2D eigenvalue weighted by atomic mass is 16.1. The molecule has 0 unspecified atom stereocenters. The maximum atomic E-state index is 12.6. The molecule has 4 rings (SSSR count). The Morgan fingerprint density at radius 3 is 2.50 bits per heavy atom. The van der Waals surface area contributed by atoms with Crippen molar-refractivity contribution >= 4 is 17.8 Å². The first-order valence-electron chi connectivity index (χ1n) is 8.85. The minimum atomic E-state index is -0.306. The van der Waals surface area contributed by atoms with Crippen molar-refractivity contribution in [2.24, 2.45) is 0 Å². The van der Waals surface area contributed by atoms with E-state index in [1.165, 1.54) is 14.9 Å². The first-order valence-corrected chi connectivity index (χ1v) is 8.85. The van der Waals surface area contributed by atoms with Crippen LogP contribution in [0.2, 0.25) is 0 Å². The quantitative estimate of drug-likeness (QED) is 0.694. The van der Waals surface area contributed by atoms with Crippen molar-refractivity contribution in [1.29, 1.82) is 0 Å². The Kier molecular flexibility index (Phi) is 4.50. The summed E-state index contributed by atoms with van der Waals surface area (Å²) in [7, 11) is 0. The molecule has 0 saturated carbocycles. The molecule has 6 heteroatoms. The van der Waals surface area contributed by atoms with E-state index in [1.54, 1.807) is 18.3 Å². The molecule has 1 fully saturated rings. The highest BCUT2D eigenvalue weighted by Gasteiger charge is 2.24. The molecule has 0 atom stereocenters. The van der Waals surface area contributed by atoms with Crippen LogP contribution in [0.4, 0.5) is 5.82 Å². The van der Waals surface area contributed by atoms with Gasteiger partial charge in [-0.2, -0.15) is 0 Å². The summed E-state index contributed by atoms with van der Waals surface area (Å²) in [6.45, 7) is 4.44. The number of fused-ring (bicyclic) bond motifs is 1. The molecule has 1 aliphatic heterocycles. The molecule has 132 valence electrons. The van der Waals surface area contributed by atoms with Gasteiger partial charge >= 0.3 is 0 Å². The van der Waals surface area contributed by atoms with Gasteiger partial charge < -0.3 is 9.80 Å². The smallest absolute Gasteiger partial charge is 0.270 e. The number of aldehydes is 1. The topological polar surface area (TPSA) is 59.1 Å². The van der Waals surface area contributed by atoms with E-state index in [0.29, 0.717) is 17.8 Å². The highest BCUT2D eigenvalue weighted by Crippen LogP contribution is 2.14. The van der Waals surface area contributed by atoms with Crippen molar-refractivity contribution in [2.45, 2.75) is 6.54 Å². The van der Waals surface area contributed by atoms with Crippen molar-refractivity contribution in [2.75, 3.05) is 31.1 Å². The van der Waals surface area contributed by atoms with Crippen LogP contribution in [0, 0.1) is 0 Å². The number of quaternary nitrogens is 1. The SMILES string of the molecule is O=Cc1c(N2CC[NH+](Cc3ccccc3)CC2)nc2ccccn2c1=O.